The number of likely N-dealkylation sites (N-methyl/N-ethyl adjacent to an activating group) is 2. The molecule has 15 heteroatoms. The summed E-state index contributed by atoms with van der Waals surface area (Å²) in [5.74, 6) is -2.26. The van der Waals surface area contributed by atoms with Gasteiger partial charge >= 0.3 is 0 Å². The van der Waals surface area contributed by atoms with Gasteiger partial charge in [0.25, 0.3) is 0 Å². The molecule has 0 bridgehead atoms. The van der Waals surface area contributed by atoms with Crippen molar-refractivity contribution in [2.24, 2.45) is 5.41 Å². The second-order valence-electron chi connectivity index (χ2n) is 20.7. The topological polar surface area (TPSA) is 190 Å². The lowest BCUT2D eigenvalue weighted by Crippen LogP contribution is -2.61. The fraction of sp³-hybridized carbons (Fsp3) is 0.556. The molecule has 10 atom stereocenters. The van der Waals surface area contributed by atoms with Crippen LogP contribution in [0.1, 0.15) is 131 Å². The zero-order valence-electron chi connectivity index (χ0n) is 41.9. The lowest BCUT2D eigenvalue weighted by molar-refractivity contribution is -0.147. The van der Waals surface area contributed by atoms with Gasteiger partial charge in [0.05, 0.1) is 30.3 Å². The number of likely N-dealkylation sites (tertiary alicyclic amines) is 1. The highest BCUT2D eigenvalue weighted by Gasteiger charge is 2.47. The Morgan fingerprint density at radius 1 is 0.667 bits per heavy atom. The molecule has 3 aromatic rings. The van der Waals surface area contributed by atoms with Gasteiger partial charge < -0.3 is 46.4 Å². The third-order valence-electron chi connectivity index (χ3n) is 15.1. The maximum Gasteiger partial charge on any atom is 0.248 e. The lowest BCUT2D eigenvalue weighted by Gasteiger charge is -2.40. The van der Waals surface area contributed by atoms with Crippen molar-refractivity contribution in [1.29, 1.82) is 0 Å². The van der Waals surface area contributed by atoms with E-state index in [0.29, 0.717) is 6.42 Å². The number of aryl methyl sites for hydroxylation is 2. The molecule has 0 spiro atoms. The monoisotopic (exact) mass is 947 g/mol. The number of fused-ring (bicyclic) bond motifs is 3. The van der Waals surface area contributed by atoms with Gasteiger partial charge in [-0.2, -0.15) is 0 Å². The van der Waals surface area contributed by atoms with Crippen molar-refractivity contribution in [3.63, 3.8) is 0 Å². The summed E-state index contributed by atoms with van der Waals surface area (Å²) in [6.07, 6.45) is 5.13. The van der Waals surface area contributed by atoms with E-state index in [9.17, 15) is 28.8 Å². The van der Waals surface area contributed by atoms with E-state index in [2.05, 4.69) is 56.2 Å². The Bertz CT molecular complexity index is 2380. The van der Waals surface area contributed by atoms with Crippen LogP contribution in [0.5, 0.6) is 0 Å². The van der Waals surface area contributed by atoms with Crippen LogP contribution in [0.25, 0.3) is 0 Å². The second-order valence-corrected chi connectivity index (χ2v) is 20.7. The Labute approximate surface area is 408 Å². The SMILES string of the molecule is CN[C@@H](C)C(=O)N[C@H](C(=O)N1Cc2cc([C@H]3C[C@@H](C(=O)N[C@@H]4CCCc5ccccc54)N(C(=O)[C@@H](NC(=O)[C@H](C)NC)C(C)(C)C)C3)ccc2C[C@H]1C(=O)N[C@@H]1CCCc2ccccc21)C(C)OC. The van der Waals surface area contributed by atoms with Crippen molar-refractivity contribution in [2.75, 3.05) is 27.7 Å². The zero-order valence-corrected chi connectivity index (χ0v) is 41.9. The fourth-order valence-corrected chi connectivity index (χ4v) is 10.6. The molecule has 69 heavy (non-hydrogen) atoms. The Morgan fingerprint density at radius 3 is 1.77 bits per heavy atom. The summed E-state index contributed by atoms with van der Waals surface area (Å²) in [5.41, 5.74) is 6.52. The van der Waals surface area contributed by atoms with Gasteiger partial charge in [0.2, 0.25) is 35.4 Å². The second kappa shape index (κ2) is 22.0. The van der Waals surface area contributed by atoms with Crippen LogP contribution in [0.15, 0.2) is 66.7 Å². The number of methoxy groups -OCH3 is 1. The number of carbonyl (C=O) groups is 6. The lowest BCUT2D eigenvalue weighted by atomic mass is 9.85. The first-order valence-electron chi connectivity index (χ1n) is 24.9. The highest BCUT2D eigenvalue weighted by Crippen LogP contribution is 2.38. The zero-order chi connectivity index (χ0) is 49.7. The summed E-state index contributed by atoms with van der Waals surface area (Å²) in [7, 11) is 4.84. The average molecular weight is 947 g/mol. The summed E-state index contributed by atoms with van der Waals surface area (Å²) in [4.78, 5) is 89.1. The fourth-order valence-electron chi connectivity index (χ4n) is 10.6. The molecule has 7 rings (SSSR count). The first-order valence-corrected chi connectivity index (χ1v) is 24.9. The molecular formula is C54H74N8O7. The van der Waals surface area contributed by atoms with Gasteiger partial charge in [0, 0.05) is 32.5 Å². The van der Waals surface area contributed by atoms with Crippen molar-refractivity contribution in [3.05, 3.63) is 106 Å². The number of ether oxygens (including phenoxy) is 1. The van der Waals surface area contributed by atoms with E-state index in [1.807, 2.05) is 63.2 Å². The molecule has 0 aromatic heterocycles. The van der Waals surface area contributed by atoms with E-state index in [-0.39, 0.29) is 67.0 Å². The third-order valence-corrected chi connectivity index (χ3v) is 15.1. The van der Waals surface area contributed by atoms with Gasteiger partial charge in [-0.05, 0) is 124 Å². The number of nitrogens with one attached hydrogen (secondary N) is 6. The highest BCUT2D eigenvalue weighted by molar-refractivity contribution is 5.95. The van der Waals surface area contributed by atoms with E-state index in [1.54, 1.807) is 44.7 Å². The Balaban J connectivity index is 1.22. The maximum atomic E-state index is 15.0. The molecule has 2 aliphatic carbocycles. The normalized spacial score (nSPS) is 23.2. The molecule has 3 aromatic carbocycles. The van der Waals surface area contributed by atoms with Crippen LogP contribution >= 0.6 is 0 Å². The first kappa shape index (κ1) is 51.2. The minimum Gasteiger partial charge on any atom is -0.379 e. The number of hydrogen-bond donors (Lipinski definition) is 6. The number of rotatable bonds is 15. The molecule has 0 radical (unpaired) electrons. The van der Waals surface area contributed by atoms with Gasteiger partial charge in [-0.1, -0.05) is 87.5 Å². The van der Waals surface area contributed by atoms with E-state index in [1.165, 1.54) is 18.2 Å². The van der Waals surface area contributed by atoms with Crippen molar-refractivity contribution in [3.8, 4) is 0 Å². The molecule has 6 N–H and O–H groups in total. The molecule has 372 valence electrons. The summed E-state index contributed by atoms with van der Waals surface area (Å²) in [6, 6.07) is 17.1. The van der Waals surface area contributed by atoms with Crippen LogP contribution in [0.3, 0.4) is 0 Å². The van der Waals surface area contributed by atoms with E-state index >= 15 is 0 Å². The molecule has 2 heterocycles. The number of amides is 6. The van der Waals surface area contributed by atoms with Gasteiger partial charge in [0.15, 0.2) is 0 Å². The number of nitrogens with zero attached hydrogens (tertiary/aromatic N) is 2. The molecule has 1 saturated heterocycles. The predicted molar refractivity (Wildman–Crippen MR) is 265 cm³/mol. The summed E-state index contributed by atoms with van der Waals surface area (Å²) >= 11 is 0. The van der Waals surface area contributed by atoms with Gasteiger partial charge in [-0.25, -0.2) is 0 Å². The molecule has 1 unspecified atom stereocenters. The number of hydrogen-bond acceptors (Lipinski definition) is 9. The third kappa shape index (κ3) is 11.4. The molecule has 6 amide bonds. The minimum absolute atomic E-state index is 0.0773. The summed E-state index contributed by atoms with van der Waals surface area (Å²) in [5, 5.41) is 18.4. The predicted octanol–water partition coefficient (Wildman–Crippen LogP) is 4.28. The van der Waals surface area contributed by atoms with Crippen molar-refractivity contribution < 1.29 is 33.5 Å². The van der Waals surface area contributed by atoms with Crippen LogP contribution in [-0.2, 0) is 59.3 Å². The van der Waals surface area contributed by atoms with Gasteiger partial charge in [-0.15, -0.1) is 0 Å². The molecule has 2 aliphatic heterocycles. The van der Waals surface area contributed by atoms with Crippen LogP contribution in [-0.4, -0.2) is 115 Å². The number of carbonyl (C=O) groups excluding carboxylic acids is 6. The molecule has 4 aliphatic rings. The molecule has 1 fully saturated rings. The standard InChI is InChI=1S/C54H74N8O7/c1-31(55-7)48(63)59-46(33(3)69-9)52(67)61-29-38-26-36(24-25-37(38)27-44(61)50(65)57-42-22-14-18-34-16-10-12-20-40(34)42)39-28-45(51(66)58-43-23-15-19-35-17-11-13-21-41(35)43)62(30-39)53(68)47(54(4,5)6)60-49(64)32(2)56-8/h10-13,16-17,20-21,24-26,31-33,39,42-47,55-56H,14-15,18-19,22-23,27-30H2,1-9H3,(H,57,65)(H,58,66)(H,59,63)(H,60,64)/t31-,32-,33?,39-,42+,43+,44-,45-,46-,47+/m0/s1. The van der Waals surface area contributed by atoms with Gasteiger partial charge in [-0.3, -0.25) is 28.8 Å². The number of benzene rings is 3. The van der Waals surface area contributed by atoms with Crippen LogP contribution < -0.4 is 31.9 Å². The Morgan fingerprint density at radius 2 is 1.22 bits per heavy atom. The van der Waals surface area contributed by atoms with E-state index < -0.39 is 53.7 Å². The summed E-state index contributed by atoms with van der Waals surface area (Å²) in [6.45, 7) is 11.2. The Hall–Kier alpha value is -5.64. The van der Waals surface area contributed by atoms with E-state index in [4.69, 9.17) is 4.74 Å². The van der Waals surface area contributed by atoms with Crippen LogP contribution in [0.4, 0.5) is 0 Å². The van der Waals surface area contributed by atoms with Crippen molar-refractivity contribution in [1.82, 2.24) is 41.7 Å². The Kier molecular flexibility index (Phi) is 16.3. The molecule has 0 saturated carbocycles. The highest BCUT2D eigenvalue weighted by atomic mass is 16.5. The molecular weight excluding hydrogens is 873 g/mol. The van der Waals surface area contributed by atoms with Crippen molar-refractivity contribution >= 4 is 35.4 Å². The van der Waals surface area contributed by atoms with Crippen LogP contribution in [0.2, 0.25) is 0 Å². The maximum absolute atomic E-state index is 15.0. The van der Waals surface area contributed by atoms with Crippen molar-refractivity contribution in [2.45, 2.75) is 160 Å². The molecule has 15 nitrogen and oxygen atoms in total. The minimum atomic E-state index is -1.09. The van der Waals surface area contributed by atoms with E-state index in [0.717, 1.165) is 66.3 Å². The van der Waals surface area contributed by atoms with Gasteiger partial charge in [0.1, 0.15) is 24.2 Å². The summed E-state index contributed by atoms with van der Waals surface area (Å²) < 4.78 is 5.68. The smallest absolute Gasteiger partial charge is 0.248 e. The first-order chi connectivity index (χ1) is 32.9. The largest absolute Gasteiger partial charge is 0.379 e. The average Bonchev–Trinajstić information content (AvgIpc) is 3.81. The van der Waals surface area contributed by atoms with Crippen LogP contribution in [0, 0.1) is 5.41 Å². The quantitative estimate of drug-likeness (QED) is 0.129.